The number of amides is 2. The average molecular weight is 435 g/mol. The highest BCUT2D eigenvalue weighted by Crippen LogP contribution is 2.24. The fourth-order valence-electron chi connectivity index (χ4n) is 3.49. The standard InChI is InChI=1S/C13H12S.C12H18N4O/c14-10-12-8-4-5-9-13(12)11-6-2-1-3-7-11;17-12(16-11-3-7-14-8-4-11)15-9-10-1-5-13-6-2-10/h1-9,14H,10H2;3-4,7-8,10,13H,1-2,5-6,9H2,(H2,14,15,16,17). The minimum absolute atomic E-state index is 0.144. The van der Waals surface area contributed by atoms with Gasteiger partial charge in [0, 0.05) is 30.4 Å². The number of hydrogen-bond donors (Lipinski definition) is 4. The monoisotopic (exact) mass is 434 g/mol. The van der Waals surface area contributed by atoms with Crippen molar-refractivity contribution in [2.45, 2.75) is 18.6 Å². The van der Waals surface area contributed by atoms with Gasteiger partial charge in [0.25, 0.3) is 0 Å². The summed E-state index contributed by atoms with van der Waals surface area (Å²) in [7, 11) is 0. The van der Waals surface area contributed by atoms with Gasteiger partial charge in [-0.3, -0.25) is 4.98 Å². The number of thiol groups is 1. The summed E-state index contributed by atoms with van der Waals surface area (Å²) in [5.41, 5.74) is 4.59. The topological polar surface area (TPSA) is 66.1 Å². The van der Waals surface area contributed by atoms with Crippen molar-refractivity contribution in [3.8, 4) is 11.1 Å². The van der Waals surface area contributed by atoms with Crippen molar-refractivity contribution in [1.82, 2.24) is 15.6 Å². The number of carbonyl (C=O) groups is 1. The molecule has 1 aliphatic rings. The number of carbonyl (C=O) groups excluding carboxylic acids is 1. The normalized spacial score (nSPS) is 13.6. The zero-order valence-electron chi connectivity index (χ0n) is 17.6. The lowest BCUT2D eigenvalue weighted by atomic mass is 9.98. The van der Waals surface area contributed by atoms with E-state index in [9.17, 15) is 4.79 Å². The maximum atomic E-state index is 11.6. The first-order chi connectivity index (χ1) is 15.3. The second-order valence-electron chi connectivity index (χ2n) is 7.45. The second-order valence-corrected chi connectivity index (χ2v) is 7.76. The Labute approximate surface area is 190 Å². The fourth-order valence-corrected chi connectivity index (χ4v) is 3.77. The van der Waals surface area contributed by atoms with Crippen molar-refractivity contribution in [1.29, 1.82) is 0 Å². The first-order valence-electron chi connectivity index (χ1n) is 10.7. The van der Waals surface area contributed by atoms with Gasteiger partial charge in [-0.2, -0.15) is 12.6 Å². The van der Waals surface area contributed by atoms with Crippen LogP contribution in [-0.2, 0) is 5.75 Å². The van der Waals surface area contributed by atoms with Crippen molar-refractivity contribution >= 4 is 24.3 Å². The van der Waals surface area contributed by atoms with Crippen molar-refractivity contribution in [3.63, 3.8) is 0 Å². The number of rotatable bonds is 5. The summed E-state index contributed by atoms with van der Waals surface area (Å²) in [6, 6.07) is 22.2. The number of nitrogens with zero attached hydrogens (tertiary/aromatic N) is 1. The molecule has 0 aliphatic carbocycles. The molecule has 3 aromatic rings. The molecule has 0 spiro atoms. The van der Waals surface area contributed by atoms with Crippen LogP contribution in [0.25, 0.3) is 11.1 Å². The Bertz CT molecular complexity index is 915. The molecule has 0 atom stereocenters. The van der Waals surface area contributed by atoms with E-state index in [0.29, 0.717) is 5.92 Å². The second kappa shape index (κ2) is 12.8. The van der Waals surface area contributed by atoms with Gasteiger partial charge in [0.2, 0.25) is 0 Å². The van der Waals surface area contributed by atoms with Crippen LogP contribution >= 0.6 is 12.6 Å². The lowest BCUT2D eigenvalue weighted by Crippen LogP contribution is -2.37. The van der Waals surface area contributed by atoms with Gasteiger partial charge >= 0.3 is 6.03 Å². The van der Waals surface area contributed by atoms with Crippen LogP contribution in [0, 0.1) is 5.92 Å². The van der Waals surface area contributed by atoms with Crippen LogP contribution in [-0.4, -0.2) is 30.6 Å². The first-order valence-corrected chi connectivity index (χ1v) is 11.3. The van der Waals surface area contributed by atoms with Gasteiger partial charge in [-0.05, 0) is 60.7 Å². The lowest BCUT2D eigenvalue weighted by molar-refractivity contribution is 0.248. The van der Waals surface area contributed by atoms with Crippen LogP contribution in [0.1, 0.15) is 18.4 Å². The molecule has 0 saturated carbocycles. The van der Waals surface area contributed by atoms with E-state index in [1.165, 1.54) is 16.7 Å². The number of aromatic nitrogens is 1. The van der Waals surface area contributed by atoms with Crippen LogP contribution in [0.15, 0.2) is 79.1 Å². The van der Waals surface area contributed by atoms with Gasteiger partial charge < -0.3 is 16.0 Å². The summed E-state index contributed by atoms with van der Waals surface area (Å²) >= 11 is 4.33. The van der Waals surface area contributed by atoms with Gasteiger partial charge in [0.05, 0.1) is 0 Å². The molecule has 3 N–H and O–H groups in total. The Kier molecular flexibility index (Phi) is 9.41. The van der Waals surface area contributed by atoms with Crippen LogP contribution < -0.4 is 16.0 Å². The molecule has 1 aromatic heterocycles. The van der Waals surface area contributed by atoms with Crippen molar-refractivity contribution in [2.75, 3.05) is 25.0 Å². The van der Waals surface area contributed by atoms with Crippen LogP contribution in [0.2, 0.25) is 0 Å². The summed E-state index contributed by atoms with van der Waals surface area (Å²) in [4.78, 5) is 15.5. The molecule has 5 nitrogen and oxygen atoms in total. The molecule has 1 aliphatic heterocycles. The van der Waals surface area contributed by atoms with Gasteiger partial charge in [-0.1, -0.05) is 54.6 Å². The molecule has 4 rings (SSSR count). The molecule has 0 radical (unpaired) electrons. The van der Waals surface area contributed by atoms with E-state index in [1.807, 2.05) is 6.07 Å². The smallest absolute Gasteiger partial charge is 0.319 e. The summed E-state index contributed by atoms with van der Waals surface area (Å²) in [5.74, 6) is 1.38. The fraction of sp³-hybridized carbons (Fsp3) is 0.280. The molecule has 6 heteroatoms. The molecular formula is C25H30N4OS. The minimum Gasteiger partial charge on any atom is -0.338 e. The molecule has 162 valence electrons. The number of anilines is 1. The number of benzene rings is 2. The van der Waals surface area contributed by atoms with E-state index >= 15 is 0 Å². The predicted molar refractivity (Wildman–Crippen MR) is 131 cm³/mol. The van der Waals surface area contributed by atoms with Crippen LogP contribution in [0.3, 0.4) is 0 Å². The molecule has 1 fully saturated rings. The quantitative estimate of drug-likeness (QED) is 0.428. The van der Waals surface area contributed by atoms with E-state index in [-0.39, 0.29) is 6.03 Å². The third-order valence-electron chi connectivity index (χ3n) is 5.22. The Morgan fingerprint density at radius 3 is 2.35 bits per heavy atom. The molecular weight excluding hydrogens is 404 g/mol. The zero-order valence-corrected chi connectivity index (χ0v) is 18.5. The number of urea groups is 1. The summed E-state index contributed by atoms with van der Waals surface area (Å²) in [5, 5.41) is 8.99. The molecule has 2 aromatic carbocycles. The van der Waals surface area contributed by atoms with Gasteiger partial charge in [0.1, 0.15) is 0 Å². The highest BCUT2D eigenvalue weighted by Gasteiger charge is 2.13. The molecule has 31 heavy (non-hydrogen) atoms. The van der Waals surface area contributed by atoms with E-state index in [4.69, 9.17) is 0 Å². The Morgan fingerprint density at radius 1 is 0.968 bits per heavy atom. The predicted octanol–water partition coefficient (Wildman–Crippen LogP) is 4.99. The van der Waals surface area contributed by atoms with Crippen molar-refractivity contribution < 1.29 is 4.79 Å². The van der Waals surface area contributed by atoms with Crippen LogP contribution in [0.5, 0.6) is 0 Å². The SMILES string of the molecule is O=C(NCC1CCNCC1)Nc1ccncc1.SCc1ccccc1-c1ccccc1. The van der Waals surface area contributed by atoms with Gasteiger partial charge in [-0.15, -0.1) is 0 Å². The summed E-state index contributed by atoms with van der Waals surface area (Å²) in [6.45, 7) is 2.86. The van der Waals surface area contributed by atoms with E-state index in [2.05, 4.69) is 82.1 Å². The van der Waals surface area contributed by atoms with Gasteiger partial charge in [-0.25, -0.2) is 4.79 Å². The zero-order chi connectivity index (χ0) is 21.7. The van der Waals surface area contributed by atoms with E-state index < -0.39 is 0 Å². The third kappa shape index (κ3) is 7.74. The molecule has 0 bridgehead atoms. The molecule has 0 unspecified atom stereocenters. The van der Waals surface area contributed by atoms with Crippen LogP contribution in [0.4, 0.5) is 10.5 Å². The molecule has 2 amide bonds. The number of pyridine rings is 1. The van der Waals surface area contributed by atoms with Gasteiger partial charge in [0.15, 0.2) is 0 Å². The number of nitrogens with one attached hydrogen (secondary N) is 3. The maximum Gasteiger partial charge on any atom is 0.319 e. The highest BCUT2D eigenvalue weighted by molar-refractivity contribution is 7.79. The van der Waals surface area contributed by atoms with E-state index in [1.54, 1.807) is 24.5 Å². The first kappa shape index (κ1) is 22.8. The Balaban J connectivity index is 0.000000179. The Morgan fingerprint density at radius 2 is 1.65 bits per heavy atom. The number of hydrogen-bond acceptors (Lipinski definition) is 4. The molecule has 1 saturated heterocycles. The number of piperidine rings is 1. The summed E-state index contributed by atoms with van der Waals surface area (Å²) in [6.07, 6.45) is 5.58. The maximum absolute atomic E-state index is 11.6. The largest absolute Gasteiger partial charge is 0.338 e. The van der Waals surface area contributed by atoms with E-state index in [0.717, 1.165) is 43.9 Å². The third-order valence-corrected chi connectivity index (χ3v) is 5.56. The lowest BCUT2D eigenvalue weighted by Gasteiger charge is -2.22. The summed E-state index contributed by atoms with van der Waals surface area (Å²) < 4.78 is 0. The Hall–Kier alpha value is -2.83. The highest BCUT2D eigenvalue weighted by atomic mass is 32.1. The molecule has 2 heterocycles. The average Bonchev–Trinajstić information content (AvgIpc) is 2.85. The van der Waals surface area contributed by atoms with Crippen molar-refractivity contribution in [3.05, 3.63) is 84.7 Å². The van der Waals surface area contributed by atoms with Crippen molar-refractivity contribution in [2.24, 2.45) is 5.92 Å². The minimum atomic E-state index is -0.144.